The van der Waals surface area contributed by atoms with Crippen molar-refractivity contribution in [2.24, 2.45) is 0 Å². The molecule has 0 spiro atoms. The second kappa shape index (κ2) is 8.22. The van der Waals surface area contributed by atoms with Crippen molar-refractivity contribution < 1.29 is 9.34 Å². The number of benzene rings is 2. The molecule has 0 atom stereocenters. The maximum Gasteiger partial charge on any atom is 0.345 e. The predicted molar refractivity (Wildman–Crippen MR) is 119 cm³/mol. The third kappa shape index (κ3) is 4.19. The number of anilines is 1. The summed E-state index contributed by atoms with van der Waals surface area (Å²) in [4.78, 5) is 27.3. The van der Waals surface area contributed by atoms with E-state index in [1.54, 1.807) is 11.6 Å². The fraction of sp³-hybridized carbons (Fsp3) is 0.0455. The quantitative estimate of drug-likeness (QED) is 0.202. The normalized spacial score (nSPS) is 11.3. The van der Waals surface area contributed by atoms with Crippen LogP contribution in [0.25, 0.3) is 27.8 Å². The number of nitrogens with zero attached hydrogens (tertiary/aromatic N) is 3. The van der Waals surface area contributed by atoms with Gasteiger partial charge in [0, 0.05) is 34.8 Å². The van der Waals surface area contributed by atoms with Crippen LogP contribution in [-0.4, -0.2) is 9.91 Å². The van der Waals surface area contributed by atoms with E-state index < -0.39 is 10.5 Å². The lowest BCUT2D eigenvalue weighted by Gasteiger charge is -2.02. The van der Waals surface area contributed by atoms with Crippen molar-refractivity contribution >= 4 is 39.3 Å². The smallest absolute Gasteiger partial charge is 0.345 e. The van der Waals surface area contributed by atoms with Crippen molar-refractivity contribution in [1.29, 1.82) is 5.26 Å². The summed E-state index contributed by atoms with van der Waals surface area (Å²) in [5.74, 6) is 0. The molecule has 0 amide bonds. The van der Waals surface area contributed by atoms with Crippen LogP contribution in [0, 0.1) is 28.4 Å². The van der Waals surface area contributed by atoms with E-state index in [1.807, 2.05) is 31.2 Å². The van der Waals surface area contributed by atoms with E-state index in [4.69, 9.17) is 4.42 Å². The second-order valence-corrected chi connectivity index (χ2v) is 7.51. The fourth-order valence-corrected chi connectivity index (χ4v) is 3.74. The molecule has 0 aliphatic rings. The number of nitriles is 1. The monoisotopic (exact) mass is 430 g/mol. The molecule has 0 bridgehead atoms. The van der Waals surface area contributed by atoms with Gasteiger partial charge in [-0.25, -0.2) is 9.78 Å². The zero-order valence-electron chi connectivity index (χ0n) is 16.2. The average molecular weight is 430 g/mol. The summed E-state index contributed by atoms with van der Waals surface area (Å²) in [6.07, 6.45) is 1.56. The molecular weight excluding hydrogens is 416 g/mol. The minimum atomic E-state index is -0.612. The van der Waals surface area contributed by atoms with Crippen LogP contribution in [0.3, 0.4) is 0 Å². The minimum absolute atomic E-state index is 0.108. The molecule has 0 saturated heterocycles. The van der Waals surface area contributed by atoms with Gasteiger partial charge >= 0.3 is 5.63 Å². The van der Waals surface area contributed by atoms with E-state index in [-0.39, 0.29) is 16.8 Å². The van der Waals surface area contributed by atoms with Crippen molar-refractivity contribution in [3.63, 3.8) is 0 Å². The van der Waals surface area contributed by atoms with Gasteiger partial charge in [-0.2, -0.15) is 5.26 Å². The average Bonchev–Trinajstić information content (AvgIpc) is 3.23. The van der Waals surface area contributed by atoms with Gasteiger partial charge in [0.1, 0.15) is 22.2 Å². The molecular formula is C22H14N4O4S. The maximum atomic E-state index is 12.4. The van der Waals surface area contributed by atoms with Crippen LogP contribution in [-0.2, 0) is 0 Å². The molecule has 4 aromatic rings. The van der Waals surface area contributed by atoms with Gasteiger partial charge in [0.2, 0.25) is 0 Å². The standard InChI is InChI=1S/C22H14N4O4S/c1-13-3-2-4-16(7-13)24-11-15(10-23)21-25-19(12-31-21)18-9-14-8-17(26(28)29)5-6-20(14)30-22(18)27/h2-9,11-12,24H,1H3/b15-11-. The Morgan fingerprint density at radius 1 is 1.29 bits per heavy atom. The Morgan fingerprint density at radius 3 is 2.87 bits per heavy atom. The largest absolute Gasteiger partial charge is 0.422 e. The molecule has 1 N–H and O–H groups in total. The van der Waals surface area contributed by atoms with E-state index in [0.717, 1.165) is 11.3 Å². The van der Waals surface area contributed by atoms with E-state index in [1.165, 1.54) is 35.6 Å². The lowest BCUT2D eigenvalue weighted by atomic mass is 10.1. The fourth-order valence-electron chi connectivity index (χ4n) is 2.96. The number of nitro groups is 1. The Hall–Kier alpha value is -4.29. The van der Waals surface area contributed by atoms with E-state index in [0.29, 0.717) is 21.7 Å². The Bertz CT molecular complexity index is 1450. The Labute approximate surface area is 179 Å². The lowest BCUT2D eigenvalue weighted by Crippen LogP contribution is -2.03. The van der Waals surface area contributed by atoms with Crippen molar-refractivity contribution in [1.82, 2.24) is 4.98 Å². The number of nitro benzene ring substituents is 1. The minimum Gasteiger partial charge on any atom is -0.422 e. The first-order chi connectivity index (χ1) is 14.9. The third-order valence-corrected chi connectivity index (χ3v) is 5.33. The zero-order valence-corrected chi connectivity index (χ0v) is 17.0. The number of thiazole rings is 1. The van der Waals surface area contributed by atoms with Crippen LogP contribution in [0.5, 0.6) is 0 Å². The highest BCUT2D eigenvalue weighted by Gasteiger charge is 2.15. The summed E-state index contributed by atoms with van der Waals surface area (Å²) in [5, 5.41) is 26.1. The highest BCUT2D eigenvalue weighted by molar-refractivity contribution is 7.11. The summed E-state index contributed by atoms with van der Waals surface area (Å²) in [6.45, 7) is 1.97. The molecule has 152 valence electrons. The molecule has 0 saturated carbocycles. The zero-order chi connectivity index (χ0) is 22.0. The highest BCUT2D eigenvalue weighted by Crippen LogP contribution is 2.28. The molecule has 0 fully saturated rings. The molecule has 8 nitrogen and oxygen atoms in total. The van der Waals surface area contributed by atoms with Gasteiger partial charge in [0.05, 0.1) is 16.2 Å². The molecule has 31 heavy (non-hydrogen) atoms. The van der Waals surface area contributed by atoms with Crippen molar-refractivity contribution in [3.8, 4) is 17.3 Å². The van der Waals surface area contributed by atoms with Gasteiger partial charge in [0.25, 0.3) is 5.69 Å². The van der Waals surface area contributed by atoms with E-state index in [2.05, 4.69) is 16.4 Å². The van der Waals surface area contributed by atoms with Gasteiger partial charge in [-0.05, 0) is 36.8 Å². The van der Waals surface area contributed by atoms with Crippen LogP contribution in [0.2, 0.25) is 0 Å². The second-order valence-electron chi connectivity index (χ2n) is 6.65. The Balaban J connectivity index is 1.68. The van der Waals surface area contributed by atoms with E-state index >= 15 is 0 Å². The SMILES string of the molecule is Cc1cccc(N/C=C(/C#N)c2nc(-c3cc4cc([N+](=O)[O-])ccc4oc3=O)cs2)c1. The summed E-state index contributed by atoms with van der Waals surface area (Å²) < 4.78 is 5.29. The van der Waals surface area contributed by atoms with Crippen molar-refractivity contribution in [2.75, 3.05) is 5.32 Å². The van der Waals surface area contributed by atoms with Gasteiger partial charge < -0.3 is 9.73 Å². The predicted octanol–water partition coefficient (Wildman–Crippen LogP) is 5.11. The Kier molecular flexibility index (Phi) is 5.30. The molecule has 0 aliphatic heterocycles. The molecule has 2 heterocycles. The molecule has 2 aromatic carbocycles. The molecule has 2 aromatic heterocycles. The summed E-state index contributed by atoms with van der Waals surface area (Å²) in [5.41, 5.74) is 2.24. The topological polar surface area (TPSA) is 122 Å². The summed E-state index contributed by atoms with van der Waals surface area (Å²) >= 11 is 1.21. The number of allylic oxidation sites excluding steroid dienone is 1. The summed E-state index contributed by atoms with van der Waals surface area (Å²) in [7, 11) is 0. The number of hydrogen-bond acceptors (Lipinski definition) is 8. The lowest BCUT2D eigenvalue weighted by molar-refractivity contribution is -0.384. The van der Waals surface area contributed by atoms with Gasteiger partial charge in [-0.3, -0.25) is 10.1 Å². The van der Waals surface area contributed by atoms with Gasteiger partial charge in [-0.15, -0.1) is 11.3 Å². The van der Waals surface area contributed by atoms with Crippen LogP contribution in [0.15, 0.2) is 69.3 Å². The van der Waals surface area contributed by atoms with Gasteiger partial charge in [0.15, 0.2) is 0 Å². The highest BCUT2D eigenvalue weighted by atomic mass is 32.1. The van der Waals surface area contributed by atoms with Crippen LogP contribution >= 0.6 is 11.3 Å². The van der Waals surface area contributed by atoms with Crippen LogP contribution < -0.4 is 10.9 Å². The van der Waals surface area contributed by atoms with Crippen LogP contribution in [0.1, 0.15) is 10.6 Å². The Morgan fingerprint density at radius 2 is 2.13 bits per heavy atom. The molecule has 0 radical (unpaired) electrons. The molecule has 0 unspecified atom stereocenters. The molecule has 9 heteroatoms. The van der Waals surface area contributed by atoms with Crippen molar-refractivity contribution in [3.05, 3.63) is 91.2 Å². The number of aryl methyl sites for hydroxylation is 1. The van der Waals surface area contributed by atoms with E-state index in [9.17, 15) is 20.2 Å². The summed E-state index contributed by atoms with van der Waals surface area (Å²) in [6, 6.07) is 15.3. The first-order valence-corrected chi connectivity index (χ1v) is 9.94. The van der Waals surface area contributed by atoms with Crippen molar-refractivity contribution in [2.45, 2.75) is 6.92 Å². The first kappa shape index (κ1) is 20.0. The number of fused-ring (bicyclic) bond motifs is 1. The molecule has 0 aliphatic carbocycles. The number of nitrogens with one attached hydrogen (secondary N) is 1. The third-order valence-electron chi connectivity index (χ3n) is 4.46. The number of non-ortho nitro benzene ring substituents is 1. The first-order valence-electron chi connectivity index (χ1n) is 9.06. The van der Waals surface area contributed by atoms with Crippen LogP contribution in [0.4, 0.5) is 11.4 Å². The molecule has 4 rings (SSSR count). The number of rotatable bonds is 5. The maximum absolute atomic E-state index is 12.4. The number of aromatic nitrogens is 1. The number of hydrogen-bond donors (Lipinski definition) is 1. The van der Waals surface area contributed by atoms with Gasteiger partial charge in [-0.1, -0.05) is 12.1 Å².